The molecule has 0 radical (unpaired) electrons. The molecular weight excluding hydrogens is 188 g/mol. The SMILES string of the molecule is COC(C)=C1C(=O)OC(C)(C)OC1=O. The van der Waals surface area contributed by atoms with Gasteiger partial charge in [-0.15, -0.1) is 0 Å². The first-order valence-electron chi connectivity index (χ1n) is 4.09. The van der Waals surface area contributed by atoms with E-state index >= 15 is 0 Å². The molecule has 1 aliphatic heterocycles. The number of cyclic esters (lactones) is 2. The lowest BCUT2D eigenvalue weighted by Crippen LogP contribution is -2.42. The van der Waals surface area contributed by atoms with Gasteiger partial charge in [-0.05, 0) is 6.92 Å². The first kappa shape index (κ1) is 10.6. The number of rotatable bonds is 1. The van der Waals surface area contributed by atoms with Crippen molar-refractivity contribution in [1.29, 1.82) is 0 Å². The number of carbonyl (C=O) groups excluding carboxylic acids is 2. The van der Waals surface area contributed by atoms with Crippen molar-refractivity contribution in [3.63, 3.8) is 0 Å². The van der Waals surface area contributed by atoms with Crippen LogP contribution in [0.4, 0.5) is 0 Å². The highest BCUT2D eigenvalue weighted by Gasteiger charge is 2.40. The second-order valence-corrected chi connectivity index (χ2v) is 3.31. The smallest absolute Gasteiger partial charge is 0.352 e. The lowest BCUT2D eigenvalue weighted by atomic mass is 10.2. The molecule has 1 aliphatic rings. The lowest BCUT2D eigenvalue weighted by Gasteiger charge is -2.30. The fraction of sp³-hybridized carbons (Fsp3) is 0.556. The standard InChI is InChI=1S/C9H12O5/c1-5(12-4)6-7(10)13-9(2,3)14-8(6)11/h1-4H3. The summed E-state index contributed by atoms with van der Waals surface area (Å²) in [6.45, 7) is 4.47. The van der Waals surface area contributed by atoms with E-state index in [-0.39, 0.29) is 11.3 Å². The summed E-state index contributed by atoms with van der Waals surface area (Å²) in [5.74, 6) is -2.45. The molecule has 0 aromatic rings. The predicted octanol–water partition coefficient (Wildman–Crippen LogP) is 0.743. The fourth-order valence-electron chi connectivity index (χ4n) is 1.04. The van der Waals surface area contributed by atoms with Gasteiger partial charge in [-0.25, -0.2) is 9.59 Å². The van der Waals surface area contributed by atoms with Crippen LogP contribution in [0.15, 0.2) is 11.3 Å². The molecule has 0 N–H and O–H groups in total. The van der Waals surface area contributed by atoms with E-state index in [0.29, 0.717) is 0 Å². The molecule has 0 bridgehead atoms. The molecule has 0 aromatic heterocycles. The first-order valence-corrected chi connectivity index (χ1v) is 4.09. The molecule has 1 rings (SSSR count). The Morgan fingerprint density at radius 3 is 2.00 bits per heavy atom. The molecule has 0 aliphatic carbocycles. The van der Waals surface area contributed by atoms with Gasteiger partial charge in [0.25, 0.3) is 5.79 Å². The Kier molecular flexibility index (Phi) is 2.51. The van der Waals surface area contributed by atoms with E-state index in [1.54, 1.807) is 0 Å². The molecule has 0 amide bonds. The Balaban J connectivity index is 3.04. The van der Waals surface area contributed by atoms with E-state index in [1.807, 2.05) is 0 Å². The van der Waals surface area contributed by atoms with Gasteiger partial charge in [0.1, 0.15) is 5.76 Å². The molecule has 5 nitrogen and oxygen atoms in total. The summed E-state index contributed by atoms with van der Waals surface area (Å²) in [5.41, 5.74) is -0.188. The predicted molar refractivity (Wildman–Crippen MR) is 46.0 cm³/mol. The lowest BCUT2D eigenvalue weighted by molar-refractivity contribution is -0.222. The molecule has 0 unspecified atom stereocenters. The summed E-state index contributed by atoms with van der Waals surface area (Å²) in [4.78, 5) is 22.7. The Labute approximate surface area is 81.6 Å². The highest BCUT2D eigenvalue weighted by atomic mass is 16.7. The highest BCUT2D eigenvalue weighted by molar-refractivity contribution is 6.15. The van der Waals surface area contributed by atoms with Gasteiger partial charge in [-0.1, -0.05) is 0 Å². The van der Waals surface area contributed by atoms with Crippen LogP contribution in [0.3, 0.4) is 0 Å². The summed E-state index contributed by atoms with van der Waals surface area (Å²) in [5, 5.41) is 0. The summed E-state index contributed by atoms with van der Waals surface area (Å²) in [6.07, 6.45) is 0. The number of carbonyl (C=O) groups is 2. The number of hydrogen-bond acceptors (Lipinski definition) is 5. The molecule has 0 saturated carbocycles. The van der Waals surface area contributed by atoms with Crippen molar-refractivity contribution < 1.29 is 23.8 Å². The summed E-state index contributed by atoms with van der Waals surface area (Å²) in [6, 6.07) is 0. The third kappa shape index (κ3) is 1.86. The molecule has 0 atom stereocenters. The second-order valence-electron chi connectivity index (χ2n) is 3.31. The third-order valence-corrected chi connectivity index (χ3v) is 1.74. The van der Waals surface area contributed by atoms with Crippen LogP contribution in [-0.4, -0.2) is 24.8 Å². The maximum Gasteiger partial charge on any atom is 0.352 e. The molecule has 0 spiro atoms. The Morgan fingerprint density at radius 2 is 1.64 bits per heavy atom. The average molecular weight is 200 g/mol. The summed E-state index contributed by atoms with van der Waals surface area (Å²) < 4.78 is 14.5. The fourth-order valence-corrected chi connectivity index (χ4v) is 1.04. The van der Waals surface area contributed by atoms with Gasteiger partial charge in [-0.3, -0.25) is 0 Å². The maximum atomic E-state index is 11.4. The first-order chi connectivity index (χ1) is 6.37. The van der Waals surface area contributed by atoms with Crippen molar-refractivity contribution in [2.75, 3.05) is 7.11 Å². The zero-order valence-electron chi connectivity index (χ0n) is 8.54. The van der Waals surface area contributed by atoms with Gasteiger partial charge in [-0.2, -0.15) is 0 Å². The molecule has 0 aromatic carbocycles. The van der Waals surface area contributed by atoms with Crippen LogP contribution >= 0.6 is 0 Å². The number of allylic oxidation sites excluding steroid dienone is 1. The van der Waals surface area contributed by atoms with Crippen LogP contribution in [0.5, 0.6) is 0 Å². The maximum absolute atomic E-state index is 11.4. The van der Waals surface area contributed by atoms with Crippen molar-refractivity contribution in [2.45, 2.75) is 26.6 Å². The monoisotopic (exact) mass is 200 g/mol. The Hall–Kier alpha value is -1.52. The average Bonchev–Trinajstić information content (AvgIpc) is 1.99. The summed E-state index contributed by atoms with van der Waals surface area (Å²) in [7, 11) is 1.36. The third-order valence-electron chi connectivity index (χ3n) is 1.74. The second kappa shape index (κ2) is 3.32. The minimum atomic E-state index is -1.20. The van der Waals surface area contributed by atoms with E-state index in [4.69, 9.17) is 14.2 Å². The minimum Gasteiger partial charge on any atom is -0.500 e. The van der Waals surface area contributed by atoms with Gasteiger partial charge >= 0.3 is 11.9 Å². The van der Waals surface area contributed by atoms with Crippen LogP contribution in [0.1, 0.15) is 20.8 Å². The number of methoxy groups -OCH3 is 1. The van der Waals surface area contributed by atoms with E-state index < -0.39 is 17.7 Å². The quantitative estimate of drug-likeness (QED) is 0.270. The van der Waals surface area contributed by atoms with Crippen molar-refractivity contribution in [3.05, 3.63) is 11.3 Å². The van der Waals surface area contributed by atoms with Crippen LogP contribution in [0.25, 0.3) is 0 Å². The van der Waals surface area contributed by atoms with E-state index in [9.17, 15) is 9.59 Å². The van der Waals surface area contributed by atoms with Crippen LogP contribution < -0.4 is 0 Å². The van der Waals surface area contributed by atoms with Crippen LogP contribution in [0, 0.1) is 0 Å². The van der Waals surface area contributed by atoms with E-state index in [1.165, 1.54) is 27.9 Å². The van der Waals surface area contributed by atoms with Gasteiger partial charge in [0.05, 0.1) is 7.11 Å². The molecule has 1 heterocycles. The Morgan fingerprint density at radius 1 is 1.21 bits per heavy atom. The van der Waals surface area contributed by atoms with Crippen molar-refractivity contribution in [2.24, 2.45) is 0 Å². The molecular formula is C9H12O5. The normalized spacial score (nSPS) is 19.9. The van der Waals surface area contributed by atoms with Crippen molar-refractivity contribution >= 4 is 11.9 Å². The molecule has 1 saturated heterocycles. The van der Waals surface area contributed by atoms with Crippen molar-refractivity contribution in [3.8, 4) is 0 Å². The summed E-state index contributed by atoms with van der Waals surface area (Å²) >= 11 is 0. The zero-order chi connectivity index (χ0) is 10.9. The highest BCUT2D eigenvalue weighted by Crippen LogP contribution is 2.24. The molecule has 14 heavy (non-hydrogen) atoms. The van der Waals surface area contributed by atoms with Gasteiger partial charge in [0.15, 0.2) is 5.57 Å². The number of esters is 2. The number of hydrogen-bond donors (Lipinski definition) is 0. The Bertz CT molecular complexity index is 291. The van der Waals surface area contributed by atoms with Gasteiger partial charge in [0.2, 0.25) is 0 Å². The topological polar surface area (TPSA) is 61.8 Å². The van der Waals surface area contributed by atoms with Gasteiger partial charge in [0, 0.05) is 13.8 Å². The molecule has 5 heteroatoms. The largest absolute Gasteiger partial charge is 0.500 e. The van der Waals surface area contributed by atoms with E-state index in [2.05, 4.69) is 0 Å². The van der Waals surface area contributed by atoms with Gasteiger partial charge < -0.3 is 14.2 Å². The zero-order valence-corrected chi connectivity index (χ0v) is 8.54. The van der Waals surface area contributed by atoms with E-state index in [0.717, 1.165) is 0 Å². The minimum absolute atomic E-state index is 0.188. The molecule has 1 fully saturated rings. The molecule has 78 valence electrons. The number of ether oxygens (including phenoxy) is 3. The van der Waals surface area contributed by atoms with Crippen LogP contribution in [0.2, 0.25) is 0 Å². The van der Waals surface area contributed by atoms with Crippen molar-refractivity contribution in [1.82, 2.24) is 0 Å². The van der Waals surface area contributed by atoms with Crippen LogP contribution in [-0.2, 0) is 23.8 Å².